The summed E-state index contributed by atoms with van der Waals surface area (Å²) in [5, 5.41) is 14.5. The summed E-state index contributed by atoms with van der Waals surface area (Å²) < 4.78 is 28.4. The Bertz CT molecular complexity index is 1360. The Labute approximate surface area is 220 Å². The number of aryl methyl sites for hydroxylation is 2. The van der Waals surface area contributed by atoms with Gasteiger partial charge < -0.3 is 5.32 Å². The molecule has 35 heavy (non-hydrogen) atoms. The van der Waals surface area contributed by atoms with Crippen molar-refractivity contribution < 1.29 is 18.1 Å². The highest BCUT2D eigenvalue weighted by Gasteiger charge is 2.28. The molecule has 0 aliphatic heterocycles. The van der Waals surface area contributed by atoms with Crippen molar-refractivity contribution in [3.63, 3.8) is 0 Å². The highest BCUT2D eigenvalue weighted by atomic mass is 79.9. The summed E-state index contributed by atoms with van der Waals surface area (Å²) in [6.45, 7) is 3.46. The summed E-state index contributed by atoms with van der Waals surface area (Å²) in [7, 11) is -2.82. The largest absolute Gasteiger partial charge is 0.378 e. The Morgan fingerprint density at radius 1 is 1.03 bits per heavy atom. The van der Waals surface area contributed by atoms with Crippen LogP contribution in [0.3, 0.4) is 0 Å². The Balaban J connectivity index is 1.95. The van der Waals surface area contributed by atoms with E-state index in [2.05, 4.69) is 37.2 Å². The van der Waals surface area contributed by atoms with E-state index in [-0.39, 0.29) is 17.0 Å². The number of nitro groups is 1. The number of nitrogens with zero attached hydrogens (tertiary/aromatic N) is 2. The minimum atomic E-state index is -4.04. The fourth-order valence-electron chi connectivity index (χ4n) is 3.50. The molecule has 0 heterocycles. The second-order valence-corrected chi connectivity index (χ2v) is 11.8. The average molecular weight is 625 g/mol. The standard InChI is InChI=1S/C24H23Br2N3O5S/c1-15-4-7-21(8-5-15)35(33,34)28(3)24(30)14-22(27-20-12-18(25)11-19(26)13-20)17-6-9-23(29(31)32)16(2)10-17/h4-13,22,27H,14H2,1-3H3/t22-/m0/s1. The van der Waals surface area contributed by atoms with E-state index in [1.165, 1.54) is 25.2 Å². The number of rotatable bonds is 8. The molecule has 1 atom stereocenters. The molecule has 3 aromatic rings. The number of nitrogens with one attached hydrogen (secondary N) is 1. The van der Waals surface area contributed by atoms with Crippen LogP contribution in [0, 0.1) is 24.0 Å². The summed E-state index contributed by atoms with van der Waals surface area (Å²) in [5.41, 5.74) is 2.57. The summed E-state index contributed by atoms with van der Waals surface area (Å²) in [6, 6.07) is 15.7. The van der Waals surface area contributed by atoms with Gasteiger partial charge in [-0.05, 0) is 55.8 Å². The van der Waals surface area contributed by atoms with E-state index < -0.39 is 26.9 Å². The fourth-order valence-corrected chi connectivity index (χ4v) is 5.93. The van der Waals surface area contributed by atoms with E-state index in [4.69, 9.17) is 0 Å². The summed E-state index contributed by atoms with van der Waals surface area (Å²) in [6.07, 6.45) is -0.205. The lowest BCUT2D eigenvalue weighted by Gasteiger charge is -2.24. The number of amides is 1. The van der Waals surface area contributed by atoms with Crippen LogP contribution in [0.2, 0.25) is 0 Å². The molecule has 0 saturated carbocycles. The van der Waals surface area contributed by atoms with Crippen LogP contribution in [0.25, 0.3) is 0 Å². The van der Waals surface area contributed by atoms with Crippen LogP contribution in [-0.2, 0) is 14.8 Å². The minimum Gasteiger partial charge on any atom is -0.378 e. The van der Waals surface area contributed by atoms with Crippen molar-refractivity contribution in [3.8, 4) is 0 Å². The number of carbonyl (C=O) groups is 1. The molecule has 0 saturated heterocycles. The van der Waals surface area contributed by atoms with Crippen molar-refractivity contribution >= 4 is 59.2 Å². The maximum absolute atomic E-state index is 13.2. The molecule has 0 aliphatic carbocycles. The number of sulfonamides is 1. The van der Waals surface area contributed by atoms with Crippen LogP contribution >= 0.6 is 31.9 Å². The molecule has 8 nitrogen and oxygen atoms in total. The van der Waals surface area contributed by atoms with Crippen molar-refractivity contribution in [2.75, 3.05) is 12.4 Å². The van der Waals surface area contributed by atoms with Gasteiger partial charge in [-0.3, -0.25) is 14.9 Å². The number of halogens is 2. The molecule has 0 radical (unpaired) electrons. The molecule has 184 valence electrons. The Morgan fingerprint density at radius 3 is 2.17 bits per heavy atom. The van der Waals surface area contributed by atoms with Gasteiger partial charge in [0.15, 0.2) is 0 Å². The van der Waals surface area contributed by atoms with Crippen molar-refractivity contribution in [2.45, 2.75) is 31.2 Å². The second kappa shape index (κ2) is 10.9. The Hall–Kier alpha value is -2.76. The smallest absolute Gasteiger partial charge is 0.272 e. The monoisotopic (exact) mass is 623 g/mol. The van der Waals surface area contributed by atoms with Gasteiger partial charge in [-0.1, -0.05) is 55.6 Å². The van der Waals surface area contributed by atoms with E-state index >= 15 is 0 Å². The molecule has 0 bridgehead atoms. The Kier molecular flexibility index (Phi) is 8.34. The zero-order valence-corrected chi connectivity index (χ0v) is 23.1. The second-order valence-electron chi connectivity index (χ2n) is 8.04. The molecule has 1 N–H and O–H groups in total. The number of nitro benzene ring substituents is 1. The summed E-state index contributed by atoms with van der Waals surface area (Å²) in [4.78, 5) is 24.0. The molecule has 0 fully saturated rings. The molecule has 0 aromatic heterocycles. The number of benzene rings is 3. The van der Waals surface area contributed by atoms with Gasteiger partial charge in [0.2, 0.25) is 5.91 Å². The van der Waals surface area contributed by atoms with Gasteiger partial charge in [0.1, 0.15) is 0 Å². The highest BCUT2D eigenvalue weighted by Crippen LogP contribution is 2.31. The van der Waals surface area contributed by atoms with E-state index in [1.807, 2.05) is 25.1 Å². The fraction of sp³-hybridized carbons (Fsp3) is 0.208. The maximum Gasteiger partial charge on any atom is 0.272 e. The first-order valence-corrected chi connectivity index (χ1v) is 13.5. The molecule has 3 rings (SSSR count). The lowest BCUT2D eigenvalue weighted by molar-refractivity contribution is -0.385. The molecular weight excluding hydrogens is 602 g/mol. The van der Waals surface area contributed by atoms with Crippen LogP contribution in [0.4, 0.5) is 11.4 Å². The third kappa shape index (κ3) is 6.47. The summed E-state index contributed by atoms with van der Waals surface area (Å²) in [5.74, 6) is -0.631. The van der Waals surface area contributed by atoms with Gasteiger partial charge in [0.05, 0.1) is 22.3 Å². The lowest BCUT2D eigenvalue weighted by atomic mass is 10.00. The zero-order valence-electron chi connectivity index (χ0n) is 19.2. The quantitative estimate of drug-likeness (QED) is 0.239. The van der Waals surface area contributed by atoms with E-state index in [0.717, 1.165) is 18.8 Å². The number of carbonyl (C=O) groups excluding carboxylic acids is 1. The van der Waals surface area contributed by atoms with Crippen LogP contribution in [0.15, 0.2) is 74.5 Å². The summed E-state index contributed by atoms with van der Waals surface area (Å²) >= 11 is 6.86. The van der Waals surface area contributed by atoms with Gasteiger partial charge in [-0.25, -0.2) is 12.7 Å². The molecule has 11 heteroatoms. The first-order valence-electron chi connectivity index (χ1n) is 10.4. The van der Waals surface area contributed by atoms with Gasteiger partial charge >= 0.3 is 0 Å². The number of hydrogen-bond acceptors (Lipinski definition) is 6. The van der Waals surface area contributed by atoms with Crippen LogP contribution in [0.5, 0.6) is 0 Å². The first-order chi connectivity index (χ1) is 16.4. The van der Waals surface area contributed by atoms with Crippen molar-refractivity contribution in [1.82, 2.24) is 4.31 Å². The van der Waals surface area contributed by atoms with Crippen molar-refractivity contribution in [1.29, 1.82) is 0 Å². The normalized spacial score (nSPS) is 12.1. The first kappa shape index (κ1) is 26.8. The zero-order chi connectivity index (χ0) is 25.9. The molecule has 1 amide bonds. The van der Waals surface area contributed by atoms with Crippen molar-refractivity contribution in [2.24, 2.45) is 0 Å². The predicted molar refractivity (Wildman–Crippen MR) is 142 cm³/mol. The minimum absolute atomic E-state index is 0.0190. The van der Waals surface area contributed by atoms with Crippen molar-refractivity contribution in [3.05, 3.63) is 96.4 Å². The molecule has 0 aliphatic rings. The molecular formula is C24H23Br2N3O5S. The van der Waals surface area contributed by atoms with Crippen LogP contribution in [-0.4, -0.2) is 30.6 Å². The highest BCUT2D eigenvalue weighted by molar-refractivity contribution is 9.11. The Morgan fingerprint density at radius 2 is 1.63 bits per heavy atom. The molecule has 0 spiro atoms. The van der Waals surface area contributed by atoms with Gasteiger partial charge in [-0.2, -0.15) is 0 Å². The lowest BCUT2D eigenvalue weighted by Crippen LogP contribution is -2.35. The van der Waals surface area contributed by atoms with Crippen LogP contribution in [0.1, 0.15) is 29.2 Å². The van der Waals surface area contributed by atoms with Gasteiger partial charge in [0.25, 0.3) is 15.7 Å². The average Bonchev–Trinajstić information content (AvgIpc) is 2.77. The number of anilines is 1. The maximum atomic E-state index is 13.2. The van der Waals surface area contributed by atoms with E-state index in [0.29, 0.717) is 16.8 Å². The molecule has 3 aromatic carbocycles. The van der Waals surface area contributed by atoms with E-state index in [1.54, 1.807) is 31.2 Å². The van der Waals surface area contributed by atoms with E-state index in [9.17, 15) is 23.3 Å². The third-order valence-electron chi connectivity index (χ3n) is 5.43. The van der Waals surface area contributed by atoms with Gasteiger partial charge in [0, 0.05) is 33.3 Å². The third-order valence-corrected chi connectivity index (χ3v) is 8.14. The van der Waals surface area contributed by atoms with Crippen LogP contribution < -0.4 is 5.32 Å². The number of hydrogen-bond donors (Lipinski definition) is 1. The SMILES string of the molecule is Cc1ccc(S(=O)(=O)N(C)C(=O)C[C@H](Nc2cc(Br)cc(Br)c2)c2ccc([N+](=O)[O-])c(C)c2)cc1. The topological polar surface area (TPSA) is 110 Å². The predicted octanol–water partition coefficient (Wildman–Crippen LogP) is 6.13. The molecule has 0 unspecified atom stereocenters. The van der Waals surface area contributed by atoms with Gasteiger partial charge in [-0.15, -0.1) is 0 Å².